The summed E-state index contributed by atoms with van der Waals surface area (Å²) in [6, 6.07) is 8.55. The summed E-state index contributed by atoms with van der Waals surface area (Å²) in [4.78, 5) is 0. The van der Waals surface area contributed by atoms with Gasteiger partial charge in [-0.3, -0.25) is 0 Å². The third kappa shape index (κ3) is 3.54. The zero-order valence-corrected chi connectivity index (χ0v) is 12.4. The van der Waals surface area contributed by atoms with E-state index in [1.807, 2.05) is 12.1 Å². The van der Waals surface area contributed by atoms with Crippen LogP contribution in [0.25, 0.3) is 0 Å². The minimum atomic E-state index is -0.334. The van der Waals surface area contributed by atoms with Crippen molar-refractivity contribution in [3.05, 3.63) is 34.3 Å². The van der Waals surface area contributed by atoms with Gasteiger partial charge in [-0.05, 0) is 37.5 Å². The Bertz CT molecular complexity index is 350. The van der Waals surface area contributed by atoms with Crippen molar-refractivity contribution in [2.45, 2.75) is 45.2 Å². The molecule has 0 saturated carbocycles. The Hall–Kier alpha value is -0.380. The molecular weight excluding hydrogens is 278 g/mol. The van der Waals surface area contributed by atoms with Crippen molar-refractivity contribution in [3.8, 4) is 0 Å². The molecule has 96 valence electrons. The lowest BCUT2D eigenvalue weighted by Crippen LogP contribution is -2.49. The van der Waals surface area contributed by atoms with Crippen molar-refractivity contribution in [1.29, 1.82) is 0 Å². The summed E-state index contributed by atoms with van der Waals surface area (Å²) in [5.41, 5.74) is 0.802. The summed E-state index contributed by atoms with van der Waals surface area (Å²) in [5, 5.41) is 13.3. The van der Waals surface area contributed by atoms with Crippen molar-refractivity contribution in [2.24, 2.45) is 0 Å². The normalized spacial score (nSPS) is 16.5. The van der Waals surface area contributed by atoms with Gasteiger partial charge in [0.25, 0.3) is 0 Å². The van der Waals surface area contributed by atoms with Gasteiger partial charge < -0.3 is 10.4 Å². The average molecular weight is 300 g/mol. The van der Waals surface area contributed by atoms with Crippen LogP contribution in [0.1, 0.15) is 39.2 Å². The minimum absolute atomic E-state index is 0.115. The van der Waals surface area contributed by atoms with Crippen molar-refractivity contribution < 1.29 is 5.11 Å². The first-order valence-corrected chi connectivity index (χ1v) is 7.02. The molecule has 0 fully saturated rings. The molecule has 0 aliphatic heterocycles. The highest BCUT2D eigenvalue weighted by molar-refractivity contribution is 9.10. The zero-order valence-electron chi connectivity index (χ0n) is 10.8. The molecule has 17 heavy (non-hydrogen) atoms. The van der Waals surface area contributed by atoms with Crippen molar-refractivity contribution in [2.75, 3.05) is 6.61 Å². The first-order valence-electron chi connectivity index (χ1n) is 6.22. The summed E-state index contributed by atoms with van der Waals surface area (Å²) in [6.45, 7) is 6.52. The molecule has 2 N–H and O–H groups in total. The number of aliphatic hydroxyl groups excluding tert-OH is 1. The largest absolute Gasteiger partial charge is 0.394 e. The van der Waals surface area contributed by atoms with Crippen LogP contribution in [0.5, 0.6) is 0 Å². The fourth-order valence-electron chi connectivity index (χ4n) is 2.00. The molecule has 0 heterocycles. The maximum absolute atomic E-state index is 9.79. The van der Waals surface area contributed by atoms with E-state index in [4.69, 9.17) is 0 Å². The van der Waals surface area contributed by atoms with Gasteiger partial charge in [0.2, 0.25) is 0 Å². The van der Waals surface area contributed by atoms with Gasteiger partial charge in [-0.25, -0.2) is 0 Å². The van der Waals surface area contributed by atoms with E-state index in [2.05, 4.69) is 54.2 Å². The first-order chi connectivity index (χ1) is 8.07. The topological polar surface area (TPSA) is 32.3 Å². The molecule has 0 amide bonds. The van der Waals surface area contributed by atoms with Gasteiger partial charge in [-0.1, -0.05) is 41.9 Å². The maximum Gasteiger partial charge on any atom is 0.0668 e. The standard InChI is InChI=1S/C14H22BrNO/c1-4-11(3)16-14(5-2,10-17)12-7-6-8-13(15)9-12/h6-9,11,16-17H,4-5,10H2,1-3H3. The molecule has 0 saturated heterocycles. The molecule has 0 aliphatic rings. The van der Waals surface area contributed by atoms with Crippen LogP contribution < -0.4 is 5.32 Å². The predicted octanol–water partition coefficient (Wildman–Crippen LogP) is 3.43. The number of rotatable bonds is 6. The van der Waals surface area contributed by atoms with Gasteiger partial charge >= 0.3 is 0 Å². The summed E-state index contributed by atoms with van der Waals surface area (Å²) < 4.78 is 1.05. The minimum Gasteiger partial charge on any atom is -0.394 e. The molecular formula is C14H22BrNO. The Labute approximate surface area is 113 Å². The summed E-state index contributed by atoms with van der Waals surface area (Å²) in [7, 11) is 0. The maximum atomic E-state index is 9.79. The molecule has 1 aromatic rings. The highest BCUT2D eigenvalue weighted by Crippen LogP contribution is 2.27. The molecule has 0 bridgehead atoms. The Kier molecular flexibility index (Phi) is 5.63. The molecule has 0 radical (unpaired) electrons. The second-order valence-electron chi connectivity index (χ2n) is 4.56. The Balaban J connectivity index is 3.06. The Morgan fingerprint density at radius 2 is 2.12 bits per heavy atom. The van der Waals surface area contributed by atoms with Crippen LogP contribution in [0.4, 0.5) is 0 Å². The highest BCUT2D eigenvalue weighted by atomic mass is 79.9. The number of halogens is 1. The third-order valence-corrected chi connectivity index (χ3v) is 3.88. The van der Waals surface area contributed by atoms with E-state index in [0.717, 1.165) is 22.9 Å². The monoisotopic (exact) mass is 299 g/mol. The zero-order chi connectivity index (χ0) is 12.9. The second-order valence-corrected chi connectivity index (χ2v) is 5.47. The van der Waals surface area contributed by atoms with Gasteiger partial charge in [0, 0.05) is 10.5 Å². The van der Waals surface area contributed by atoms with Crippen LogP contribution in [-0.4, -0.2) is 17.8 Å². The molecule has 0 aliphatic carbocycles. The van der Waals surface area contributed by atoms with E-state index < -0.39 is 0 Å². The van der Waals surface area contributed by atoms with E-state index >= 15 is 0 Å². The predicted molar refractivity (Wildman–Crippen MR) is 76.1 cm³/mol. The smallest absolute Gasteiger partial charge is 0.0668 e. The Morgan fingerprint density at radius 3 is 2.59 bits per heavy atom. The van der Waals surface area contributed by atoms with Gasteiger partial charge in [0.05, 0.1) is 12.1 Å². The van der Waals surface area contributed by atoms with Crippen LogP contribution in [0, 0.1) is 0 Å². The molecule has 0 aromatic heterocycles. The lowest BCUT2D eigenvalue weighted by Gasteiger charge is -2.35. The lowest BCUT2D eigenvalue weighted by atomic mass is 9.87. The van der Waals surface area contributed by atoms with E-state index in [1.54, 1.807) is 0 Å². The summed E-state index contributed by atoms with van der Waals surface area (Å²) in [5.74, 6) is 0. The van der Waals surface area contributed by atoms with Crippen LogP contribution >= 0.6 is 15.9 Å². The number of hydrogen-bond acceptors (Lipinski definition) is 2. The van der Waals surface area contributed by atoms with Crippen LogP contribution in [0.15, 0.2) is 28.7 Å². The van der Waals surface area contributed by atoms with Crippen molar-refractivity contribution in [3.63, 3.8) is 0 Å². The third-order valence-electron chi connectivity index (χ3n) is 3.39. The number of benzene rings is 1. The van der Waals surface area contributed by atoms with E-state index in [1.165, 1.54) is 0 Å². The fourth-order valence-corrected chi connectivity index (χ4v) is 2.40. The number of nitrogens with one attached hydrogen (secondary N) is 1. The molecule has 1 rings (SSSR count). The summed E-state index contributed by atoms with van der Waals surface area (Å²) >= 11 is 3.49. The second kappa shape index (κ2) is 6.53. The van der Waals surface area contributed by atoms with Crippen LogP contribution in [0.3, 0.4) is 0 Å². The van der Waals surface area contributed by atoms with Gasteiger partial charge in [-0.2, -0.15) is 0 Å². The highest BCUT2D eigenvalue weighted by Gasteiger charge is 2.30. The van der Waals surface area contributed by atoms with Crippen LogP contribution in [0.2, 0.25) is 0 Å². The van der Waals surface area contributed by atoms with Crippen LogP contribution in [-0.2, 0) is 5.54 Å². The molecule has 2 nitrogen and oxygen atoms in total. The molecule has 0 spiro atoms. The lowest BCUT2D eigenvalue weighted by molar-refractivity contribution is 0.143. The number of hydrogen-bond donors (Lipinski definition) is 2. The van der Waals surface area contributed by atoms with Crippen molar-refractivity contribution in [1.82, 2.24) is 5.32 Å². The quantitative estimate of drug-likeness (QED) is 0.843. The average Bonchev–Trinajstić information content (AvgIpc) is 2.35. The fraction of sp³-hybridized carbons (Fsp3) is 0.571. The van der Waals surface area contributed by atoms with Gasteiger partial charge in [0.1, 0.15) is 0 Å². The number of aliphatic hydroxyl groups is 1. The van der Waals surface area contributed by atoms with Gasteiger partial charge in [0.15, 0.2) is 0 Å². The first kappa shape index (κ1) is 14.7. The molecule has 3 heteroatoms. The van der Waals surface area contributed by atoms with Gasteiger partial charge in [-0.15, -0.1) is 0 Å². The summed E-state index contributed by atoms with van der Waals surface area (Å²) in [6.07, 6.45) is 1.92. The molecule has 1 aromatic carbocycles. The molecule has 2 atom stereocenters. The molecule has 2 unspecified atom stereocenters. The van der Waals surface area contributed by atoms with E-state index in [-0.39, 0.29) is 12.1 Å². The van der Waals surface area contributed by atoms with E-state index in [0.29, 0.717) is 6.04 Å². The van der Waals surface area contributed by atoms with E-state index in [9.17, 15) is 5.11 Å². The van der Waals surface area contributed by atoms with Crippen molar-refractivity contribution >= 4 is 15.9 Å². The Morgan fingerprint density at radius 1 is 1.41 bits per heavy atom. The SMILES string of the molecule is CCC(C)NC(CC)(CO)c1cccc(Br)c1.